The molecular formula is C8H9BrN. The third kappa shape index (κ3) is 1.21. The van der Waals surface area contributed by atoms with Gasteiger partial charge in [-0.25, -0.2) is 4.98 Å². The largest absolute Gasteiger partial charge is 0.239 e. The molecule has 0 aliphatic carbocycles. The summed E-state index contributed by atoms with van der Waals surface area (Å²) in [5.41, 5.74) is 3.60. The van der Waals surface area contributed by atoms with Crippen molar-refractivity contribution in [3.05, 3.63) is 27.5 Å². The second-order valence-electron chi connectivity index (χ2n) is 2.39. The van der Waals surface area contributed by atoms with Crippen LogP contribution >= 0.6 is 15.9 Å². The molecule has 1 heterocycles. The van der Waals surface area contributed by atoms with Crippen LogP contribution in [-0.4, -0.2) is 4.98 Å². The van der Waals surface area contributed by atoms with Gasteiger partial charge in [0.1, 0.15) is 4.60 Å². The van der Waals surface area contributed by atoms with E-state index in [0.29, 0.717) is 0 Å². The van der Waals surface area contributed by atoms with Gasteiger partial charge in [-0.1, -0.05) is 0 Å². The molecule has 0 aliphatic rings. The maximum Gasteiger partial charge on any atom is 0.110 e. The number of rotatable bonds is 0. The first-order chi connectivity index (χ1) is 4.63. The molecule has 1 radical (unpaired) electrons. The number of hydrogen-bond acceptors (Lipinski definition) is 1. The smallest absolute Gasteiger partial charge is 0.110 e. The Morgan fingerprint density at radius 1 is 1.20 bits per heavy atom. The zero-order valence-electron chi connectivity index (χ0n) is 6.33. The molecule has 0 N–H and O–H groups in total. The zero-order chi connectivity index (χ0) is 7.72. The average Bonchev–Trinajstić information content (AvgIpc) is 1.93. The van der Waals surface area contributed by atoms with E-state index in [9.17, 15) is 0 Å². The quantitative estimate of drug-likeness (QED) is 0.585. The Hall–Kier alpha value is -0.370. The normalized spacial score (nSPS) is 10.0. The van der Waals surface area contributed by atoms with Crippen LogP contribution in [0.4, 0.5) is 0 Å². The third-order valence-corrected chi connectivity index (χ3v) is 2.53. The van der Waals surface area contributed by atoms with E-state index in [4.69, 9.17) is 0 Å². The van der Waals surface area contributed by atoms with Crippen LogP contribution in [0.1, 0.15) is 16.7 Å². The lowest BCUT2D eigenvalue weighted by molar-refractivity contribution is 1.12. The Morgan fingerprint density at radius 3 is 2.30 bits per heavy atom. The maximum atomic E-state index is 4.03. The lowest BCUT2D eigenvalue weighted by Gasteiger charge is -2.03. The van der Waals surface area contributed by atoms with Gasteiger partial charge in [0.15, 0.2) is 0 Å². The summed E-state index contributed by atoms with van der Waals surface area (Å²) in [6.45, 7) is 6.14. The number of hydrogen-bond donors (Lipinski definition) is 0. The van der Waals surface area contributed by atoms with Crippen LogP contribution in [0.5, 0.6) is 0 Å². The molecule has 0 spiro atoms. The van der Waals surface area contributed by atoms with Crippen LogP contribution in [0.3, 0.4) is 0 Å². The van der Waals surface area contributed by atoms with Crippen LogP contribution in [0.25, 0.3) is 0 Å². The molecule has 1 nitrogen and oxygen atoms in total. The summed E-state index contributed by atoms with van der Waals surface area (Å²) in [7, 11) is 0. The van der Waals surface area contributed by atoms with Crippen LogP contribution < -0.4 is 0 Å². The highest BCUT2D eigenvalue weighted by Gasteiger charge is 2.01. The summed E-state index contributed by atoms with van der Waals surface area (Å²) in [4.78, 5) is 4.03. The van der Waals surface area contributed by atoms with Gasteiger partial charge in [-0.15, -0.1) is 0 Å². The van der Waals surface area contributed by atoms with E-state index in [1.165, 1.54) is 11.1 Å². The number of aryl methyl sites for hydroxylation is 1. The van der Waals surface area contributed by atoms with Gasteiger partial charge in [-0.05, 0) is 53.4 Å². The molecule has 1 aromatic rings. The summed E-state index contributed by atoms with van der Waals surface area (Å²) < 4.78 is 0.899. The summed E-state index contributed by atoms with van der Waals surface area (Å²) in [5.74, 6) is 0. The standard InChI is InChI=1S/C8H9BrN/c1-5-4-10-8(9)7(3)6(5)2/h1-3H3. The van der Waals surface area contributed by atoms with Gasteiger partial charge in [-0.2, -0.15) is 0 Å². The summed E-state index contributed by atoms with van der Waals surface area (Å²) in [6, 6.07) is 0. The number of pyridine rings is 1. The van der Waals surface area contributed by atoms with Gasteiger partial charge in [0, 0.05) is 0 Å². The fraction of sp³-hybridized carbons (Fsp3) is 0.375. The highest BCUT2D eigenvalue weighted by atomic mass is 79.9. The maximum absolute atomic E-state index is 4.03. The molecule has 10 heavy (non-hydrogen) atoms. The Labute approximate surface area is 69.6 Å². The van der Waals surface area contributed by atoms with E-state index < -0.39 is 0 Å². The first kappa shape index (κ1) is 7.73. The molecule has 0 saturated heterocycles. The van der Waals surface area contributed by atoms with Gasteiger partial charge >= 0.3 is 0 Å². The topological polar surface area (TPSA) is 12.9 Å². The molecular weight excluding hydrogens is 190 g/mol. The van der Waals surface area contributed by atoms with Crippen LogP contribution in [-0.2, 0) is 0 Å². The van der Waals surface area contributed by atoms with E-state index in [1.54, 1.807) is 0 Å². The molecule has 0 amide bonds. The van der Waals surface area contributed by atoms with E-state index >= 15 is 0 Å². The molecule has 2 heteroatoms. The van der Waals surface area contributed by atoms with E-state index in [-0.39, 0.29) is 0 Å². The fourth-order valence-corrected chi connectivity index (χ4v) is 1.12. The van der Waals surface area contributed by atoms with E-state index in [1.807, 2.05) is 13.8 Å². The molecule has 1 aromatic heterocycles. The van der Waals surface area contributed by atoms with Crippen molar-refractivity contribution in [2.75, 3.05) is 0 Å². The Balaban J connectivity index is 3.34. The van der Waals surface area contributed by atoms with E-state index in [2.05, 4.69) is 34.0 Å². The zero-order valence-corrected chi connectivity index (χ0v) is 7.91. The molecule has 0 saturated carbocycles. The highest BCUT2D eigenvalue weighted by Crippen LogP contribution is 2.17. The minimum atomic E-state index is 0.899. The summed E-state index contributed by atoms with van der Waals surface area (Å²) in [6.07, 6.45) is 2.91. The van der Waals surface area contributed by atoms with Gasteiger partial charge < -0.3 is 0 Å². The van der Waals surface area contributed by atoms with Gasteiger partial charge in [-0.3, -0.25) is 0 Å². The average molecular weight is 199 g/mol. The second kappa shape index (κ2) is 2.70. The van der Waals surface area contributed by atoms with Gasteiger partial charge in [0.25, 0.3) is 0 Å². The Bertz CT molecular complexity index is 229. The molecule has 0 aromatic carbocycles. The summed E-state index contributed by atoms with van der Waals surface area (Å²) >= 11 is 3.34. The van der Waals surface area contributed by atoms with Crippen LogP contribution in [0.2, 0.25) is 0 Å². The third-order valence-electron chi connectivity index (χ3n) is 1.76. The van der Waals surface area contributed by atoms with E-state index in [0.717, 1.165) is 10.2 Å². The Morgan fingerprint density at radius 2 is 1.80 bits per heavy atom. The van der Waals surface area contributed by atoms with Gasteiger partial charge in [0.2, 0.25) is 0 Å². The molecule has 53 valence electrons. The minimum Gasteiger partial charge on any atom is -0.239 e. The Kier molecular flexibility index (Phi) is 2.09. The molecule has 0 atom stereocenters. The predicted molar refractivity (Wildman–Crippen MR) is 45.0 cm³/mol. The van der Waals surface area contributed by atoms with Crippen LogP contribution in [0, 0.1) is 27.0 Å². The predicted octanol–water partition coefficient (Wildman–Crippen LogP) is 2.57. The fourth-order valence-electron chi connectivity index (χ4n) is 0.737. The lowest BCUT2D eigenvalue weighted by atomic mass is 10.1. The van der Waals surface area contributed by atoms with Crippen molar-refractivity contribution in [3.8, 4) is 0 Å². The van der Waals surface area contributed by atoms with Crippen LogP contribution in [0.15, 0.2) is 4.60 Å². The summed E-state index contributed by atoms with van der Waals surface area (Å²) in [5, 5.41) is 0. The van der Waals surface area contributed by atoms with Crippen molar-refractivity contribution in [1.82, 2.24) is 4.98 Å². The SMILES string of the molecule is Cc1[c]nc(Br)c(C)c1C. The number of nitrogens with zero attached hydrogens (tertiary/aromatic N) is 1. The minimum absolute atomic E-state index is 0.899. The van der Waals surface area contributed by atoms with Crippen molar-refractivity contribution in [2.24, 2.45) is 0 Å². The first-order valence-corrected chi connectivity index (χ1v) is 3.93. The van der Waals surface area contributed by atoms with Gasteiger partial charge in [0.05, 0.1) is 6.20 Å². The highest BCUT2D eigenvalue weighted by molar-refractivity contribution is 9.10. The second-order valence-corrected chi connectivity index (χ2v) is 3.14. The molecule has 0 fully saturated rings. The van der Waals surface area contributed by atoms with Crippen molar-refractivity contribution >= 4 is 15.9 Å². The molecule has 0 aliphatic heterocycles. The van der Waals surface area contributed by atoms with Crippen molar-refractivity contribution in [3.63, 3.8) is 0 Å². The number of aromatic nitrogens is 1. The monoisotopic (exact) mass is 198 g/mol. The molecule has 1 rings (SSSR count). The molecule has 0 bridgehead atoms. The van der Waals surface area contributed by atoms with Crippen molar-refractivity contribution in [1.29, 1.82) is 0 Å². The number of halogens is 1. The van der Waals surface area contributed by atoms with Crippen molar-refractivity contribution in [2.45, 2.75) is 20.8 Å². The first-order valence-electron chi connectivity index (χ1n) is 3.14. The van der Waals surface area contributed by atoms with Crippen molar-refractivity contribution < 1.29 is 0 Å². The lowest BCUT2D eigenvalue weighted by Crippen LogP contribution is -1.90. The molecule has 0 unspecified atom stereocenters.